The van der Waals surface area contributed by atoms with Crippen molar-refractivity contribution in [3.05, 3.63) is 35.4 Å². The van der Waals surface area contributed by atoms with E-state index in [-0.39, 0.29) is 5.54 Å². The third kappa shape index (κ3) is 1.28. The Labute approximate surface area is 80.4 Å². The lowest BCUT2D eigenvalue weighted by Gasteiger charge is -2.41. The molecule has 1 aromatic carbocycles. The molecule has 0 bridgehead atoms. The number of fused-ring (bicyclic) bond motifs is 1. The first kappa shape index (κ1) is 8.76. The molecule has 0 spiro atoms. The van der Waals surface area contributed by atoms with Gasteiger partial charge in [-0.25, -0.2) is 0 Å². The molecular formula is C12H16N. The highest BCUT2D eigenvalue weighted by atomic mass is 15.2. The number of likely N-dealkylation sites (N-methyl/N-ethyl adjacent to an activating group) is 1. The fourth-order valence-corrected chi connectivity index (χ4v) is 2.02. The molecule has 0 unspecified atom stereocenters. The van der Waals surface area contributed by atoms with E-state index in [4.69, 9.17) is 0 Å². The monoisotopic (exact) mass is 174 g/mol. The number of hydrogen-bond donors (Lipinski definition) is 0. The van der Waals surface area contributed by atoms with Gasteiger partial charge in [0.25, 0.3) is 0 Å². The first-order chi connectivity index (χ1) is 6.12. The Bertz CT molecular complexity index is 315. The van der Waals surface area contributed by atoms with Crippen LogP contribution in [0.3, 0.4) is 0 Å². The standard InChI is InChI=1S/C12H16N/c1-12(2)11-7-5-4-6-10(11)8-9-13(12)3/h4,6-7H,8-9H2,1-3H3. The van der Waals surface area contributed by atoms with E-state index in [1.807, 2.05) is 6.07 Å². The molecule has 0 saturated heterocycles. The SMILES string of the molecule is CN1CCc2cc[c]cc2C1(C)C. The Hall–Kier alpha value is -0.820. The molecule has 0 aliphatic carbocycles. The van der Waals surface area contributed by atoms with Gasteiger partial charge in [0.15, 0.2) is 0 Å². The van der Waals surface area contributed by atoms with E-state index in [2.05, 4.69) is 44.0 Å². The van der Waals surface area contributed by atoms with Gasteiger partial charge in [-0.2, -0.15) is 0 Å². The minimum Gasteiger partial charge on any atom is -0.297 e. The van der Waals surface area contributed by atoms with Gasteiger partial charge in [-0.3, -0.25) is 4.90 Å². The molecule has 1 aromatic rings. The van der Waals surface area contributed by atoms with Gasteiger partial charge in [-0.05, 0) is 50.6 Å². The van der Waals surface area contributed by atoms with Gasteiger partial charge < -0.3 is 0 Å². The number of nitrogens with zero attached hydrogens (tertiary/aromatic N) is 1. The Morgan fingerprint density at radius 2 is 2.23 bits per heavy atom. The normalized spacial score (nSPS) is 21.2. The fourth-order valence-electron chi connectivity index (χ4n) is 2.02. The summed E-state index contributed by atoms with van der Waals surface area (Å²) in [5.41, 5.74) is 3.09. The van der Waals surface area contributed by atoms with E-state index >= 15 is 0 Å². The summed E-state index contributed by atoms with van der Waals surface area (Å²) in [5, 5.41) is 0. The van der Waals surface area contributed by atoms with Crippen molar-refractivity contribution in [3.63, 3.8) is 0 Å². The lowest BCUT2D eigenvalue weighted by atomic mass is 9.84. The average Bonchev–Trinajstić information content (AvgIpc) is 2.13. The molecule has 2 rings (SSSR count). The highest BCUT2D eigenvalue weighted by Gasteiger charge is 2.31. The molecule has 13 heavy (non-hydrogen) atoms. The average molecular weight is 174 g/mol. The maximum Gasteiger partial charge on any atom is 0.0404 e. The number of hydrogen-bond acceptors (Lipinski definition) is 1. The second-order valence-corrected chi connectivity index (χ2v) is 4.31. The summed E-state index contributed by atoms with van der Waals surface area (Å²) in [6, 6.07) is 9.51. The topological polar surface area (TPSA) is 3.24 Å². The quantitative estimate of drug-likeness (QED) is 0.583. The maximum absolute atomic E-state index is 3.17. The smallest absolute Gasteiger partial charge is 0.0404 e. The number of rotatable bonds is 0. The highest BCUT2D eigenvalue weighted by molar-refractivity contribution is 5.34. The first-order valence-electron chi connectivity index (χ1n) is 4.83. The Balaban J connectivity index is 2.52. The Morgan fingerprint density at radius 1 is 1.46 bits per heavy atom. The summed E-state index contributed by atoms with van der Waals surface area (Å²) in [5.74, 6) is 0. The summed E-state index contributed by atoms with van der Waals surface area (Å²) in [7, 11) is 2.19. The molecule has 1 nitrogen and oxygen atoms in total. The van der Waals surface area contributed by atoms with Crippen molar-refractivity contribution in [2.75, 3.05) is 13.6 Å². The lowest BCUT2D eigenvalue weighted by molar-refractivity contribution is 0.143. The molecule has 0 atom stereocenters. The zero-order valence-electron chi connectivity index (χ0n) is 8.59. The molecule has 1 aliphatic heterocycles. The third-order valence-electron chi connectivity index (χ3n) is 3.28. The van der Waals surface area contributed by atoms with Crippen molar-refractivity contribution < 1.29 is 0 Å². The van der Waals surface area contributed by atoms with E-state index in [0.717, 1.165) is 6.54 Å². The third-order valence-corrected chi connectivity index (χ3v) is 3.28. The van der Waals surface area contributed by atoms with Gasteiger partial charge in [0.1, 0.15) is 0 Å². The van der Waals surface area contributed by atoms with E-state index < -0.39 is 0 Å². The van der Waals surface area contributed by atoms with E-state index in [0.29, 0.717) is 0 Å². The maximum atomic E-state index is 3.17. The van der Waals surface area contributed by atoms with Crippen LogP contribution in [0.25, 0.3) is 0 Å². The Morgan fingerprint density at radius 3 is 3.00 bits per heavy atom. The predicted octanol–water partition coefficient (Wildman–Crippen LogP) is 2.21. The van der Waals surface area contributed by atoms with Gasteiger partial charge in [0, 0.05) is 12.1 Å². The Kier molecular flexibility index (Phi) is 1.92. The van der Waals surface area contributed by atoms with Crippen LogP contribution >= 0.6 is 0 Å². The minimum absolute atomic E-state index is 0.172. The molecule has 1 heterocycles. The van der Waals surface area contributed by atoms with Crippen LogP contribution in [0, 0.1) is 6.07 Å². The van der Waals surface area contributed by atoms with Crippen molar-refractivity contribution >= 4 is 0 Å². The van der Waals surface area contributed by atoms with Crippen LogP contribution in [0.1, 0.15) is 25.0 Å². The van der Waals surface area contributed by atoms with Crippen molar-refractivity contribution in [1.82, 2.24) is 4.90 Å². The summed E-state index contributed by atoms with van der Waals surface area (Å²) in [4.78, 5) is 2.41. The van der Waals surface area contributed by atoms with Gasteiger partial charge in [0.2, 0.25) is 0 Å². The van der Waals surface area contributed by atoms with Crippen molar-refractivity contribution in [1.29, 1.82) is 0 Å². The molecule has 0 fully saturated rings. The predicted molar refractivity (Wildman–Crippen MR) is 54.6 cm³/mol. The molecule has 69 valence electrons. The van der Waals surface area contributed by atoms with Crippen LogP contribution in [0.2, 0.25) is 0 Å². The second kappa shape index (κ2) is 2.85. The largest absolute Gasteiger partial charge is 0.297 e. The molecule has 0 amide bonds. The first-order valence-corrected chi connectivity index (χ1v) is 4.83. The number of benzene rings is 1. The van der Waals surface area contributed by atoms with Gasteiger partial charge in [-0.1, -0.05) is 12.1 Å². The molecule has 1 aliphatic rings. The van der Waals surface area contributed by atoms with Crippen LogP contribution in [-0.4, -0.2) is 18.5 Å². The van der Waals surface area contributed by atoms with Crippen molar-refractivity contribution in [3.8, 4) is 0 Å². The van der Waals surface area contributed by atoms with Crippen LogP contribution < -0.4 is 0 Å². The van der Waals surface area contributed by atoms with E-state index in [1.165, 1.54) is 17.5 Å². The fraction of sp³-hybridized carbons (Fsp3) is 0.500. The van der Waals surface area contributed by atoms with E-state index in [1.54, 1.807) is 0 Å². The highest BCUT2D eigenvalue weighted by Crippen LogP contribution is 2.33. The summed E-state index contributed by atoms with van der Waals surface area (Å²) in [6.45, 7) is 5.71. The molecule has 0 N–H and O–H groups in total. The van der Waals surface area contributed by atoms with Crippen LogP contribution in [0.15, 0.2) is 18.2 Å². The molecule has 1 heteroatoms. The summed E-state index contributed by atoms with van der Waals surface area (Å²) < 4.78 is 0. The molecule has 0 aromatic heterocycles. The van der Waals surface area contributed by atoms with Crippen LogP contribution in [0.5, 0.6) is 0 Å². The minimum atomic E-state index is 0.172. The van der Waals surface area contributed by atoms with Crippen LogP contribution in [-0.2, 0) is 12.0 Å². The molecule has 1 radical (unpaired) electrons. The second-order valence-electron chi connectivity index (χ2n) is 4.31. The summed E-state index contributed by atoms with van der Waals surface area (Å²) >= 11 is 0. The van der Waals surface area contributed by atoms with Crippen LogP contribution in [0.4, 0.5) is 0 Å². The van der Waals surface area contributed by atoms with Gasteiger partial charge in [0.05, 0.1) is 0 Å². The molecule has 0 saturated carbocycles. The lowest BCUT2D eigenvalue weighted by Crippen LogP contribution is -2.43. The van der Waals surface area contributed by atoms with E-state index in [9.17, 15) is 0 Å². The zero-order chi connectivity index (χ0) is 9.47. The summed E-state index contributed by atoms with van der Waals surface area (Å²) in [6.07, 6.45) is 1.17. The molecular weight excluding hydrogens is 158 g/mol. The zero-order valence-corrected chi connectivity index (χ0v) is 8.59. The van der Waals surface area contributed by atoms with Crippen molar-refractivity contribution in [2.24, 2.45) is 0 Å². The van der Waals surface area contributed by atoms with Gasteiger partial charge in [-0.15, -0.1) is 0 Å². The van der Waals surface area contributed by atoms with Crippen molar-refractivity contribution in [2.45, 2.75) is 25.8 Å². The van der Waals surface area contributed by atoms with Gasteiger partial charge >= 0.3 is 0 Å².